The van der Waals surface area contributed by atoms with Crippen molar-refractivity contribution >= 4 is 0 Å². The molecule has 1 N–H and O–H groups in total. The molecule has 0 amide bonds. The molecule has 2 heteroatoms. The Morgan fingerprint density at radius 2 is 2.06 bits per heavy atom. The van der Waals surface area contributed by atoms with E-state index in [1.807, 2.05) is 7.05 Å². The first-order valence-corrected chi connectivity index (χ1v) is 6.69. The second-order valence-electron chi connectivity index (χ2n) is 4.90. The molecule has 0 aromatic heterocycles. The Kier molecular flexibility index (Phi) is 5.02. The zero-order valence-corrected chi connectivity index (χ0v) is 10.7. The second-order valence-corrected chi connectivity index (χ2v) is 4.90. The number of ether oxygens (including phenoxy) is 1. The summed E-state index contributed by atoms with van der Waals surface area (Å²) in [6.45, 7) is 1.75. The molecule has 1 unspecified atom stereocenters. The van der Waals surface area contributed by atoms with Crippen LogP contribution in [-0.2, 0) is 11.2 Å². The quantitative estimate of drug-likeness (QED) is 0.697. The van der Waals surface area contributed by atoms with Gasteiger partial charge in [-0.15, -0.1) is 0 Å². The van der Waals surface area contributed by atoms with Gasteiger partial charge in [0.1, 0.15) is 0 Å². The van der Waals surface area contributed by atoms with Gasteiger partial charge in [0.25, 0.3) is 0 Å². The minimum absolute atomic E-state index is 0.576. The van der Waals surface area contributed by atoms with Gasteiger partial charge in [-0.1, -0.05) is 30.3 Å². The zero-order chi connectivity index (χ0) is 11.9. The van der Waals surface area contributed by atoms with Crippen molar-refractivity contribution in [2.75, 3.05) is 20.3 Å². The smallest absolute Gasteiger partial charge is 0.0622 e. The number of hydrogen-bond acceptors (Lipinski definition) is 2. The molecule has 1 saturated carbocycles. The summed E-state index contributed by atoms with van der Waals surface area (Å²) in [7, 11) is 2.04. The van der Waals surface area contributed by atoms with Gasteiger partial charge in [0.05, 0.1) is 6.61 Å². The molecular formula is C15H23NO. The summed E-state index contributed by atoms with van der Waals surface area (Å²) in [4.78, 5) is 0. The van der Waals surface area contributed by atoms with E-state index in [2.05, 4.69) is 35.6 Å². The first-order valence-electron chi connectivity index (χ1n) is 6.69. The van der Waals surface area contributed by atoms with Crippen molar-refractivity contribution in [1.29, 1.82) is 0 Å². The van der Waals surface area contributed by atoms with Crippen molar-refractivity contribution in [1.82, 2.24) is 5.32 Å². The minimum Gasteiger partial charge on any atom is -0.380 e. The third-order valence-electron chi connectivity index (χ3n) is 3.46. The molecule has 2 nitrogen and oxygen atoms in total. The van der Waals surface area contributed by atoms with Crippen LogP contribution in [0.4, 0.5) is 0 Å². The highest BCUT2D eigenvalue weighted by molar-refractivity contribution is 5.14. The molecule has 0 bridgehead atoms. The molecule has 0 saturated heterocycles. The summed E-state index contributed by atoms with van der Waals surface area (Å²) in [6, 6.07) is 11.2. The first-order chi connectivity index (χ1) is 8.40. The van der Waals surface area contributed by atoms with Crippen LogP contribution in [0.1, 0.15) is 24.8 Å². The maximum absolute atomic E-state index is 5.75. The first kappa shape index (κ1) is 12.6. The molecule has 1 aliphatic carbocycles. The van der Waals surface area contributed by atoms with Gasteiger partial charge in [-0.3, -0.25) is 0 Å². The molecule has 0 radical (unpaired) electrons. The van der Waals surface area contributed by atoms with E-state index in [-0.39, 0.29) is 0 Å². The van der Waals surface area contributed by atoms with Gasteiger partial charge >= 0.3 is 0 Å². The van der Waals surface area contributed by atoms with Crippen LogP contribution in [0.2, 0.25) is 0 Å². The maximum Gasteiger partial charge on any atom is 0.0622 e. The van der Waals surface area contributed by atoms with Crippen LogP contribution in [0.3, 0.4) is 0 Å². The van der Waals surface area contributed by atoms with Crippen molar-refractivity contribution < 1.29 is 4.74 Å². The van der Waals surface area contributed by atoms with Crippen LogP contribution in [0.15, 0.2) is 30.3 Å². The Labute approximate surface area is 104 Å². The maximum atomic E-state index is 5.75. The van der Waals surface area contributed by atoms with Gasteiger partial charge in [-0.05, 0) is 44.2 Å². The fourth-order valence-corrected chi connectivity index (χ4v) is 2.19. The van der Waals surface area contributed by atoms with Gasteiger partial charge in [0.15, 0.2) is 0 Å². The monoisotopic (exact) mass is 233 g/mol. The van der Waals surface area contributed by atoms with E-state index in [1.54, 1.807) is 0 Å². The second kappa shape index (κ2) is 6.77. The van der Waals surface area contributed by atoms with Crippen molar-refractivity contribution in [3.05, 3.63) is 35.9 Å². The largest absolute Gasteiger partial charge is 0.380 e. The highest BCUT2D eigenvalue weighted by atomic mass is 16.5. The average molecular weight is 233 g/mol. The molecule has 94 valence electrons. The van der Waals surface area contributed by atoms with E-state index in [0.717, 1.165) is 32.0 Å². The molecule has 1 aromatic rings. The number of benzene rings is 1. The molecule has 2 rings (SSSR count). The third-order valence-corrected chi connectivity index (χ3v) is 3.46. The van der Waals surface area contributed by atoms with E-state index in [9.17, 15) is 0 Å². The summed E-state index contributed by atoms with van der Waals surface area (Å²) in [6.07, 6.45) is 4.98. The summed E-state index contributed by atoms with van der Waals surface area (Å²) in [5.41, 5.74) is 1.41. The lowest BCUT2D eigenvalue weighted by Crippen LogP contribution is -2.32. The summed E-state index contributed by atoms with van der Waals surface area (Å²) < 4.78 is 5.75. The standard InChI is InChI=1S/C15H23NO/c1-16-15(14-9-10-14)12-17-11-5-8-13-6-3-2-4-7-13/h2-4,6-7,14-16H,5,8-12H2,1H3. The van der Waals surface area contributed by atoms with Crippen molar-refractivity contribution in [2.24, 2.45) is 5.92 Å². The van der Waals surface area contributed by atoms with E-state index in [1.165, 1.54) is 18.4 Å². The Hall–Kier alpha value is -0.860. The Morgan fingerprint density at radius 3 is 2.71 bits per heavy atom. The van der Waals surface area contributed by atoms with Crippen molar-refractivity contribution in [2.45, 2.75) is 31.7 Å². The van der Waals surface area contributed by atoms with Crippen molar-refractivity contribution in [3.8, 4) is 0 Å². The average Bonchev–Trinajstić information content (AvgIpc) is 3.19. The molecule has 1 aliphatic rings. The zero-order valence-electron chi connectivity index (χ0n) is 10.7. The molecule has 0 spiro atoms. The van der Waals surface area contributed by atoms with Crippen LogP contribution < -0.4 is 5.32 Å². The summed E-state index contributed by atoms with van der Waals surface area (Å²) in [5.74, 6) is 0.870. The molecule has 1 atom stereocenters. The van der Waals surface area contributed by atoms with E-state index < -0.39 is 0 Å². The van der Waals surface area contributed by atoms with Crippen LogP contribution in [0, 0.1) is 5.92 Å². The van der Waals surface area contributed by atoms with Gasteiger partial charge in [-0.25, -0.2) is 0 Å². The number of hydrogen-bond donors (Lipinski definition) is 1. The highest BCUT2D eigenvalue weighted by Gasteiger charge is 2.29. The minimum atomic E-state index is 0.576. The predicted octanol–water partition coefficient (Wildman–Crippen LogP) is 2.63. The lowest BCUT2D eigenvalue weighted by Gasteiger charge is -2.15. The van der Waals surface area contributed by atoms with Crippen LogP contribution >= 0.6 is 0 Å². The van der Waals surface area contributed by atoms with Gasteiger partial charge in [-0.2, -0.15) is 0 Å². The Bertz CT molecular complexity index is 308. The lowest BCUT2D eigenvalue weighted by atomic mass is 10.1. The van der Waals surface area contributed by atoms with E-state index in [4.69, 9.17) is 4.74 Å². The fraction of sp³-hybridized carbons (Fsp3) is 0.600. The number of rotatable bonds is 8. The normalized spacial score (nSPS) is 17.0. The SMILES string of the molecule is CNC(COCCCc1ccccc1)C1CC1. The molecule has 0 heterocycles. The summed E-state index contributed by atoms with van der Waals surface area (Å²) in [5, 5.41) is 3.35. The fourth-order valence-electron chi connectivity index (χ4n) is 2.19. The topological polar surface area (TPSA) is 21.3 Å². The predicted molar refractivity (Wildman–Crippen MR) is 71.2 cm³/mol. The number of nitrogens with one attached hydrogen (secondary N) is 1. The Morgan fingerprint density at radius 1 is 1.29 bits per heavy atom. The van der Waals surface area contributed by atoms with E-state index >= 15 is 0 Å². The summed E-state index contributed by atoms with van der Waals surface area (Å²) >= 11 is 0. The Balaban J connectivity index is 1.54. The van der Waals surface area contributed by atoms with Crippen LogP contribution in [0.5, 0.6) is 0 Å². The molecule has 1 fully saturated rings. The number of likely N-dealkylation sites (N-methyl/N-ethyl adjacent to an activating group) is 1. The van der Waals surface area contributed by atoms with Crippen LogP contribution in [0.25, 0.3) is 0 Å². The molecular weight excluding hydrogens is 210 g/mol. The lowest BCUT2D eigenvalue weighted by molar-refractivity contribution is 0.106. The molecule has 0 aliphatic heterocycles. The van der Waals surface area contributed by atoms with E-state index in [0.29, 0.717) is 6.04 Å². The molecule has 17 heavy (non-hydrogen) atoms. The van der Waals surface area contributed by atoms with Crippen molar-refractivity contribution in [3.63, 3.8) is 0 Å². The third kappa shape index (κ3) is 4.49. The van der Waals surface area contributed by atoms with Gasteiger partial charge in [0.2, 0.25) is 0 Å². The van der Waals surface area contributed by atoms with Gasteiger partial charge in [0, 0.05) is 12.6 Å². The van der Waals surface area contributed by atoms with Gasteiger partial charge < -0.3 is 10.1 Å². The molecule has 1 aromatic carbocycles. The highest BCUT2D eigenvalue weighted by Crippen LogP contribution is 2.32. The number of aryl methyl sites for hydroxylation is 1. The van der Waals surface area contributed by atoms with Crippen LogP contribution in [-0.4, -0.2) is 26.3 Å².